The van der Waals surface area contributed by atoms with Crippen LogP contribution in [0.25, 0.3) is 0 Å². The number of hydrogen-bond donors (Lipinski definition) is 1. The van der Waals surface area contributed by atoms with Crippen molar-refractivity contribution >= 4 is 45.9 Å². The molecule has 1 heterocycles. The summed E-state index contributed by atoms with van der Waals surface area (Å²) in [4.78, 5) is 18.5. The van der Waals surface area contributed by atoms with E-state index < -0.39 is 0 Å². The lowest BCUT2D eigenvalue weighted by molar-refractivity contribution is -0.122. The standard InChI is InChI=1S/C17H25ClIN3O/c1-22(16-9-6-14(19)11-20-16)12-13-4-7-15(8-5-13)21-17(23)3-2-10-18/h6,9,11,13,15H,2-5,7-8,10,12H2,1H3,(H,21,23). The van der Waals surface area contributed by atoms with Crippen LogP contribution in [-0.2, 0) is 4.79 Å². The number of hydrogen-bond acceptors (Lipinski definition) is 3. The van der Waals surface area contributed by atoms with E-state index in [1.54, 1.807) is 0 Å². The Labute approximate surface area is 157 Å². The van der Waals surface area contributed by atoms with Gasteiger partial charge in [-0.2, -0.15) is 0 Å². The van der Waals surface area contributed by atoms with E-state index in [9.17, 15) is 4.79 Å². The van der Waals surface area contributed by atoms with Gasteiger partial charge in [-0.05, 0) is 72.7 Å². The number of nitrogens with zero attached hydrogens (tertiary/aromatic N) is 2. The third-order valence-corrected chi connectivity index (χ3v) is 5.29. The number of carbonyl (C=O) groups excluding carboxylic acids is 1. The van der Waals surface area contributed by atoms with Crippen molar-refractivity contribution < 1.29 is 4.79 Å². The van der Waals surface area contributed by atoms with Gasteiger partial charge in [0.05, 0.1) is 0 Å². The molecule has 1 saturated carbocycles. The minimum atomic E-state index is 0.148. The molecule has 0 radical (unpaired) electrons. The van der Waals surface area contributed by atoms with E-state index in [4.69, 9.17) is 11.6 Å². The fourth-order valence-corrected chi connectivity index (χ4v) is 3.54. The molecule has 1 aromatic heterocycles. The Bertz CT molecular complexity index is 489. The molecule has 2 rings (SSSR count). The summed E-state index contributed by atoms with van der Waals surface area (Å²) >= 11 is 7.90. The van der Waals surface area contributed by atoms with Crippen molar-refractivity contribution in [2.24, 2.45) is 5.92 Å². The zero-order valence-electron chi connectivity index (χ0n) is 13.6. The lowest BCUT2D eigenvalue weighted by atomic mass is 9.85. The summed E-state index contributed by atoms with van der Waals surface area (Å²) < 4.78 is 1.16. The van der Waals surface area contributed by atoms with Crippen molar-refractivity contribution in [1.82, 2.24) is 10.3 Å². The molecule has 6 heteroatoms. The van der Waals surface area contributed by atoms with E-state index >= 15 is 0 Å². The van der Waals surface area contributed by atoms with Gasteiger partial charge in [-0.1, -0.05) is 0 Å². The minimum Gasteiger partial charge on any atom is -0.359 e. The normalized spacial score (nSPS) is 21.0. The second-order valence-corrected chi connectivity index (χ2v) is 7.92. The highest BCUT2D eigenvalue weighted by atomic mass is 127. The molecule has 128 valence electrons. The molecule has 0 aromatic carbocycles. The second kappa shape index (κ2) is 9.67. The highest BCUT2D eigenvalue weighted by molar-refractivity contribution is 14.1. The van der Waals surface area contributed by atoms with Crippen LogP contribution in [0.1, 0.15) is 38.5 Å². The van der Waals surface area contributed by atoms with Crippen molar-refractivity contribution in [1.29, 1.82) is 0 Å². The van der Waals surface area contributed by atoms with Gasteiger partial charge in [0.25, 0.3) is 0 Å². The van der Waals surface area contributed by atoms with Crippen molar-refractivity contribution in [3.63, 3.8) is 0 Å². The zero-order valence-corrected chi connectivity index (χ0v) is 16.5. The van der Waals surface area contributed by atoms with Crippen LogP contribution in [0.4, 0.5) is 5.82 Å². The quantitative estimate of drug-likeness (QED) is 0.508. The number of anilines is 1. The van der Waals surface area contributed by atoms with Crippen LogP contribution in [0.2, 0.25) is 0 Å². The molecule has 1 aromatic rings. The zero-order chi connectivity index (χ0) is 16.7. The van der Waals surface area contributed by atoms with Crippen molar-refractivity contribution in [3.8, 4) is 0 Å². The van der Waals surface area contributed by atoms with Crippen molar-refractivity contribution in [3.05, 3.63) is 21.9 Å². The Morgan fingerprint density at radius 3 is 2.74 bits per heavy atom. The van der Waals surface area contributed by atoms with E-state index in [-0.39, 0.29) is 5.91 Å². The van der Waals surface area contributed by atoms with Gasteiger partial charge in [-0.25, -0.2) is 4.98 Å². The predicted octanol–water partition coefficient (Wildman–Crippen LogP) is 3.82. The molecular formula is C17H25ClIN3O. The van der Waals surface area contributed by atoms with Crippen LogP contribution >= 0.6 is 34.2 Å². The Morgan fingerprint density at radius 2 is 2.13 bits per heavy atom. The first-order chi connectivity index (χ1) is 11.1. The summed E-state index contributed by atoms with van der Waals surface area (Å²) in [7, 11) is 2.11. The van der Waals surface area contributed by atoms with Crippen LogP contribution in [0, 0.1) is 9.49 Å². The average molecular weight is 450 g/mol. The molecule has 0 saturated heterocycles. The maximum Gasteiger partial charge on any atom is 0.220 e. The summed E-state index contributed by atoms with van der Waals surface area (Å²) in [6, 6.07) is 4.51. The fourth-order valence-electron chi connectivity index (χ4n) is 3.09. The average Bonchev–Trinajstić information content (AvgIpc) is 2.55. The Morgan fingerprint density at radius 1 is 1.39 bits per heavy atom. The lowest BCUT2D eigenvalue weighted by Gasteiger charge is -2.32. The van der Waals surface area contributed by atoms with Gasteiger partial charge in [-0.15, -0.1) is 11.6 Å². The lowest BCUT2D eigenvalue weighted by Crippen LogP contribution is -2.39. The molecule has 0 aliphatic heterocycles. The molecule has 0 bridgehead atoms. The Balaban J connectivity index is 1.72. The number of carbonyl (C=O) groups is 1. The number of nitrogens with one attached hydrogen (secondary N) is 1. The molecule has 1 amide bonds. The first-order valence-corrected chi connectivity index (χ1v) is 9.88. The van der Waals surface area contributed by atoms with Crippen LogP contribution in [0.3, 0.4) is 0 Å². The molecule has 0 unspecified atom stereocenters. The molecule has 0 spiro atoms. The van der Waals surface area contributed by atoms with Crippen molar-refractivity contribution in [2.75, 3.05) is 24.4 Å². The third kappa shape index (κ3) is 6.45. The minimum absolute atomic E-state index is 0.148. The summed E-state index contributed by atoms with van der Waals surface area (Å²) in [5.41, 5.74) is 0. The molecule has 4 nitrogen and oxygen atoms in total. The number of rotatable bonds is 7. The monoisotopic (exact) mass is 449 g/mol. The van der Waals surface area contributed by atoms with Gasteiger partial charge < -0.3 is 10.2 Å². The van der Waals surface area contributed by atoms with E-state index in [1.165, 1.54) is 0 Å². The highest BCUT2D eigenvalue weighted by Crippen LogP contribution is 2.26. The van der Waals surface area contributed by atoms with Gasteiger partial charge in [0.1, 0.15) is 5.82 Å². The number of halogens is 2. The molecular weight excluding hydrogens is 425 g/mol. The molecule has 1 fully saturated rings. The summed E-state index contributed by atoms with van der Waals surface area (Å²) in [5.74, 6) is 2.41. The summed E-state index contributed by atoms with van der Waals surface area (Å²) in [6.07, 6.45) is 7.68. The van der Waals surface area contributed by atoms with Crippen LogP contribution in [0.15, 0.2) is 18.3 Å². The molecule has 23 heavy (non-hydrogen) atoms. The first-order valence-electron chi connectivity index (χ1n) is 8.26. The highest BCUT2D eigenvalue weighted by Gasteiger charge is 2.23. The Hall–Kier alpha value is -0.560. The van der Waals surface area contributed by atoms with E-state index in [0.717, 1.165) is 48.0 Å². The summed E-state index contributed by atoms with van der Waals surface area (Å²) in [6.45, 7) is 1.03. The Kier molecular flexibility index (Phi) is 7.89. The SMILES string of the molecule is CN(CC1CCC(NC(=O)CCCCl)CC1)c1ccc(I)cn1. The van der Waals surface area contributed by atoms with Gasteiger partial charge in [-0.3, -0.25) is 4.79 Å². The van der Waals surface area contributed by atoms with E-state index in [1.807, 2.05) is 6.20 Å². The van der Waals surface area contributed by atoms with Gasteiger partial charge in [0.15, 0.2) is 0 Å². The van der Waals surface area contributed by atoms with Gasteiger partial charge in [0, 0.05) is 41.7 Å². The van der Waals surface area contributed by atoms with E-state index in [2.05, 4.69) is 57.0 Å². The van der Waals surface area contributed by atoms with Gasteiger partial charge >= 0.3 is 0 Å². The molecule has 1 aliphatic rings. The molecule has 1 N–H and O–H groups in total. The van der Waals surface area contributed by atoms with Crippen LogP contribution in [0.5, 0.6) is 0 Å². The number of pyridine rings is 1. The first kappa shape index (κ1) is 18.8. The second-order valence-electron chi connectivity index (χ2n) is 6.29. The number of amides is 1. The fraction of sp³-hybridized carbons (Fsp3) is 0.647. The van der Waals surface area contributed by atoms with E-state index in [0.29, 0.717) is 24.3 Å². The topological polar surface area (TPSA) is 45.2 Å². The van der Waals surface area contributed by atoms with Gasteiger partial charge in [0.2, 0.25) is 5.91 Å². The maximum atomic E-state index is 11.8. The smallest absolute Gasteiger partial charge is 0.220 e. The predicted molar refractivity (Wildman–Crippen MR) is 104 cm³/mol. The molecule has 1 aliphatic carbocycles. The van der Waals surface area contributed by atoms with Crippen LogP contribution in [-0.4, -0.2) is 36.4 Å². The largest absolute Gasteiger partial charge is 0.359 e. The number of aromatic nitrogens is 1. The molecule has 0 atom stereocenters. The maximum absolute atomic E-state index is 11.8. The third-order valence-electron chi connectivity index (χ3n) is 4.38. The van der Waals surface area contributed by atoms with Crippen molar-refractivity contribution in [2.45, 2.75) is 44.6 Å². The van der Waals surface area contributed by atoms with Crippen LogP contribution < -0.4 is 10.2 Å². The summed E-state index contributed by atoms with van der Waals surface area (Å²) in [5, 5.41) is 3.14. The number of alkyl halides is 1.